The van der Waals surface area contributed by atoms with Gasteiger partial charge in [0, 0.05) is 26.8 Å². The number of fused-ring (bicyclic) bond motifs is 9. The number of nitrogens with one attached hydrogen (secondary N) is 2. The number of benzene rings is 3. The van der Waals surface area contributed by atoms with E-state index in [1.54, 1.807) is 48.2 Å². The second-order valence-electron chi connectivity index (χ2n) is 12.4. The predicted octanol–water partition coefficient (Wildman–Crippen LogP) is 6.80. The van der Waals surface area contributed by atoms with E-state index in [1.807, 2.05) is 12.1 Å². The first-order valence-corrected chi connectivity index (χ1v) is 17.3. The summed E-state index contributed by atoms with van der Waals surface area (Å²) in [6, 6.07) is 18.2. The molecule has 0 spiro atoms. The Hall–Kier alpha value is -4.07. The van der Waals surface area contributed by atoms with Gasteiger partial charge in [0.15, 0.2) is 6.61 Å². The minimum Gasteiger partial charge on any atom is -0.484 e. The number of nitrogens with zero attached hydrogens (tertiary/aromatic N) is 1. The molecular formula is C34H25ClF3N3O5S2. The lowest BCUT2D eigenvalue weighted by Crippen LogP contribution is -2.42. The third-order valence-electron chi connectivity index (χ3n) is 9.89. The van der Waals surface area contributed by atoms with Crippen LogP contribution in [0.2, 0.25) is 5.02 Å². The largest absolute Gasteiger partial charge is 0.484 e. The number of halogens is 4. The highest BCUT2D eigenvalue weighted by molar-refractivity contribution is 8.00. The minimum absolute atomic E-state index is 0.00614. The van der Waals surface area contributed by atoms with E-state index < -0.39 is 36.1 Å². The molecule has 7 atom stereocenters. The Morgan fingerprint density at radius 1 is 0.979 bits per heavy atom. The lowest BCUT2D eigenvalue weighted by Gasteiger charge is -2.43. The second-order valence-corrected chi connectivity index (χ2v) is 15.1. The van der Waals surface area contributed by atoms with Crippen LogP contribution in [0.3, 0.4) is 0 Å². The molecule has 48 heavy (non-hydrogen) atoms. The van der Waals surface area contributed by atoms with Crippen molar-refractivity contribution in [3.63, 3.8) is 0 Å². The maximum atomic E-state index is 13.9. The van der Waals surface area contributed by atoms with E-state index in [0.29, 0.717) is 16.5 Å². The summed E-state index contributed by atoms with van der Waals surface area (Å²) in [6.45, 7) is -0.420. The third-order valence-corrected chi connectivity index (χ3v) is 12.7. The summed E-state index contributed by atoms with van der Waals surface area (Å²) in [5, 5.41) is 3.75. The van der Waals surface area contributed by atoms with Gasteiger partial charge in [-0.3, -0.25) is 24.1 Å². The zero-order valence-corrected chi connectivity index (χ0v) is 27.1. The highest BCUT2D eigenvalue weighted by Gasteiger charge is 2.69. The van der Waals surface area contributed by atoms with E-state index in [1.165, 1.54) is 17.0 Å². The Kier molecular flexibility index (Phi) is 7.49. The fourth-order valence-corrected chi connectivity index (χ4v) is 11.1. The highest BCUT2D eigenvalue weighted by atomic mass is 35.5. The Balaban J connectivity index is 1.02. The SMILES string of the molecule is O=C(COc1ccc([C@H]2c3sc(=O)[nH]c3SC3C4CC(C5C(=O)N(c6ccc(Cl)cc6)C(=O)C45)C32)cc1)Nc1cccc(C(F)(F)F)c1. The van der Waals surface area contributed by atoms with Gasteiger partial charge in [0.2, 0.25) is 11.8 Å². The number of H-pyrrole nitrogens is 1. The molecule has 0 radical (unpaired) electrons. The number of anilines is 2. The van der Waals surface area contributed by atoms with Crippen LogP contribution in [-0.4, -0.2) is 34.6 Å². The summed E-state index contributed by atoms with van der Waals surface area (Å²) in [6.07, 6.45) is -3.78. The minimum atomic E-state index is -4.53. The molecule has 2 N–H and O–H groups in total. The highest BCUT2D eigenvalue weighted by Crippen LogP contribution is 2.68. The van der Waals surface area contributed by atoms with E-state index in [9.17, 15) is 32.3 Å². The van der Waals surface area contributed by atoms with Gasteiger partial charge in [-0.25, -0.2) is 0 Å². The molecule has 4 aromatic rings. The topological polar surface area (TPSA) is 109 Å². The van der Waals surface area contributed by atoms with Crippen LogP contribution in [0, 0.1) is 29.6 Å². The number of hydrogen-bond acceptors (Lipinski definition) is 7. The maximum absolute atomic E-state index is 13.9. The van der Waals surface area contributed by atoms with Gasteiger partial charge in [0.1, 0.15) is 5.75 Å². The normalized spacial score (nSPS) is 27.1. The Bertz CT molecular complexity index is 2020. The number of rotatable bonds is 6. The average Bonchev–Trinajstić information content (AvgIpc) is 3.79. The molecule has 8 nitrogen and oxygen atoms in total. The zero-order valence-electron chi connectivity index (χ0n) is 24.7. The number of thiazole rings is 1. The fraction of sp³-hybridized carbons (Fsp3) is 0.294. The van der Waals surface area contributed by atoms with Crippen LogP contribution in [0.4, 0.5) is 24.5 Å². The number of hydrogen-bond donors (Lipinski definition) is 2. The number of alkyl halides is 3. The van der Waals surface area contributed by atoms with Gasteiger partial charge in [0.25, 0.3) is 5.91 Å². The van der Waals surface area contributed by atoms with Crippen LogP contribution in [0.5, 0.6) is 5.75 Å². The van der Waals surface area contributed by atoms with Gasteiger partial charge in [-0.05, 0) is 84.3 Å². The molecule has 2 saturated carbocycles. The quantitative estimate of drug-likeness (QED) is 0.213. The standard InChI is InChI=1S/C34H25ClF3N3O5S2/c35-17-6-8-19(9-7-17)41-31(43)26-21-13-22(27(26)32(41)44)28-25(21)24(29-30(47-28)40-33(45)48-29)15-4-10-20(11-5-15)46-14-23(42)39-18-3-1-2-16(12-18)34(36,37)38/h1-12,21-22,24-28H,13-14H2,(H,39,42)(H,40,45)/t21?,22?,24-,25?,26?,27?,28?/m1/s1. The van der Waals surface area contributed by atoms with Crippen LogP contribution < -0.4 is 19.8 Å². The Morgan fingerprint density at radius 3 is 2.40 bits per heavy atom. The molecule has 2 aliphatic heterocycles. The van der Waals surface area contributed by atoms with Gasteiger partial charge >= 0.3 is 11.0 Å². The van der Waals surface area contributed by atoms with Crippen molar-refractivity contribution in [2.45, 2.75) is 28.8 Å². The summed E-state index contributed by atoms with van der Waals surface area (Å²) in [5.74, 6) is -1.75. The summed E-state index contributed by atoms with van der Waals surface area (Å²) in [7, 11) is 0. The lowest BCUT2D eigenvalue weighted by molar-refractivity contribution is -0.137. The molecule has 6 unspecified atom stereocenters. The molecule has 3 heterocycles. The third kappa shape index (κ3) is 5.14. The van der Waals surface area contributed by atoms with E-state index in [-0.39, 0.29) is 51.3 Å². The van der Waals surface area contributed by atoms with Crippen molar-refractivity contribution in [2.75, 3.05) is 16.8 Å². The lowest BCUT2D eigenvalue weighted by atomic mass is 9.68. The van der Waals surface area contributed by atoms with Crippen LogP contribution in [0.15, 0.2) is 82.6 Å². The molecule has 246 valence electrons. The van der Waals surface area contributed by atoms with Gasteiger partial charge in [0.05, 0.1) is 28.1 Å². The van der Waals surface area contributed by atoms with Crippen molar-refractivity contribution in [3.05, 3.63) is 103 Å². The summed E-state index contributed by atoms with van der Waals surface area (Å²) in [5.41, 5.74) is 0.562. The Labute approximate surface area is 284 Å². The number of thioether (sulfide) groups is 1. The van der Waals surface area contributed by atoms with Crippen molar-refractivity contribution in [3.8, 4) is 5.75 Å². The number of aromatic nitrogens is 1. The zero-order chi connectivity index (χ0) is 33.5. The van der Waals surface area contributed by atoms with Crippen LogP contribution in [0.1, 0.15) is 28.3 Å². The smallest absolute Gasteiger partial charge is 0.416 e. The molecule has 1 saturated heterocycles. The van der Waals surface area contributed by atoms with E-state index in [4.69, 9.17) is 16.3 Å². The molecule has 3 amide bonds. The molecule has 3 fully saturated rings. The van der Waals surface area contributed by atoms with Crippen LogP contribution >= 0.6 is 34.7 Å². The number of ether oxygens (including phenoxy) is 1. The summed E-state index contributed by atoms with van der Waals surface area (Å²) in [4.78, 5) is 57.7. The van der Waals surface area contributed by atoms with Crippen molar-refractivity contribution >= 4 is 63.8 Å². The summed E-state index contributed by atoms with van der Waals surface area (Å²) < 4.78 is 44.7. The van der Waals surface area contributed by atoms with Crippen LogP contribution in [0.25, 0.3) is 0 Å². The van der Waals surface area contributed by atoms with E-state index >= 15 is 0 Å². The molecule has 1 aromatic heterocycles. The number of amides is 3. The monoisotopic (exact) mass is 711 g/mol. The Morgan fingerprint density at radius 2 is 1.69 bits per heavy atom. The number of carbonyl (C=O) groups is 3. The first-order chi connectivity index (χ1) is 23.0. The van der Waals surface area contributed by atoms with Crippen molar-refractivity contribution < 1.29 is 32.3 Å². The van der Waals surface area contributed by atoms with Crippen molar-refractivity contribution in [2.24, 2.45) is 29.6 Å². The number of carbonyl (C=O) groups excluding carboxylic acids is 3. The second kappa shape index (κ2) is 11.5. The molecule has 4 aliphatic rings. The fourth-order valence-electron chi connectivity index (χ4n) is 8.13. The van der Waals surface area contributed by atoms with Gasteiger partial charge < -0.3 is 15.0 Å². The first-order valence-electron chi connectivity index (χ1n) is 15.2. The molecule has 8 rings (SSSR count). The van der Waals surface area contributed by atoms with Gasteiger partial charge in [-0.2, -0.15) is 13.2 Å². The molecular weight excluding hydrogens is 687 g/mol. The van der Waals surface area contributed by atoms with E-state index in [2.05, 4.69) is 10.3 Å². The van der Waals surface area contributed by atoms with Gasteiger partial charge in [-0.1, -0.05) is 41.1 Å². The number of aromatic amines is 1. The molecule has 14 heteroatoms. The predicted molar refractivity (Wildman–Crippen MR) is 174 cm³/mol. The maximum Gasteiger partial charge on any atom is 0.416 e. The molecule has 2 bridgehead atoms. The molecule has 2 aliphatic carbocycles. The average molecular weight is 712 g/mol. The van der Waals surface area contributed by atoms with Crippen LogP contribution in [-0.2, 0) is 20.6 Å². The van der Waals surface area contributed by atoms with E-state index in [0.717, 1.165) is 45.4 Å². The number of imide groups is 1. The summed E-state index contributed by atoms with van der Waals surface area (Å²) >= 11 is 8.82. The van der Waals surface area contributed by atoms with Crippen molar-refractivity contribution in [1.82, 2.24) is 4.98 Å². The first kappa shape index (κ1) is 31.2. The van der Waals surface area contributed by atoms with Gasteiger partial charge in [-0.15, -0.1) is 11.8 Å². The molecule has 3 aromatic carbocycles. The van der Waals surface area contributed by atoms with Crippen molar-refractivity contribution in [1.29, 1.82) is 0 Å².